The van der Waals surface area contributed by atoms with E-state index in [1.807, 2.05) is 0 Å². The van der Waals surface area contributed by atoms with Gasteiger partial charge in [-0.3, -0.25) is 0 Å². The predicted molar refractivity (Wildman–Crippen MR) is 47.8 cm³/mol. The number of halogens is 1. The monoisotopic (exact) mass is 181 g/mol. The summed E-state index contributed by atoms with van der Waals surface area (Å²) >= 11 is 0. The molecular formula is C10H12FNO. The van der Waals surface area contributed by atoms with Crippen LogP contribution in [0.5, 0.6) is 0 Å². The summed E-state index contributed by atoms with van der Waals surface area (Å²) in [5, 5.41) is 12.7. The highest BCUT2D eigenvalue weighted by Crippen LogP contribution is 2.23. The Kier molecular flexibility index (Phi) is 2.29. The Bertz CT molecular complexity index is 285. The zero-order valence-corrected chi connectivity index (χ0v) is 7.20. The first-order valence-corrected chi connectivity index (χ1v) is 4.44. The number of aliphatic hydroxyl groups excluding tert-OH is 1. The number of hydrogen-bond donors (Lipinski definition) is 2. The molecule has 0 aliphatic carbocycles. The number of nitrogens with one attached hydrogen (secondary N) is 1. The number of benzene rings is 1. The molecule has 13 heavy (non-hydrogen) atoms. The molecule has 1 aliphatic heterocycles. The molecule has 0 radical (unpaired) electrons. The Labute approximate surface area is 76.4 Å². The molecule has 2 nitrogen and oxygen atoms in total. The minimum atomic E-state index is -0.342. The van der Waals surface area contributed by atoms with Gasteiger partial charge in [0, 0.05) is 0 Å². The quantitative estimate of drug-likeness (QED) is 0.682. The molecule has 2 atom stereocenters. The summed E-state index contributed by atoms with van der Waals surface area (Å²) in [6, 6.07) is 6.23. The molecule has 1 aromatic carbocycles. The van der Waals surface area contributed by atoms with Crippen LogP contribution in [0.3, 0.4) is 0 Å². The van der Waals surface area contributed by atoms with Gasteiger partial charge in [0.05, 0.1) is 12.1 Å². The van der Waals surface area contributed by atoms with Crippen molar-refractivity contribution >= 4 is 0 Å². The van der Waals surface area contributed by atoms with Crippen molar-refractivity contribution in [1.29, 1.82) is 0 Å². The lowest BCUT2D eigenvalue weighted by atomic mass is 10.0. The normalized spacial score (nSPS) is 27.8. The van der Waals surface area contributed by atoms with Crippen molar-refractivity contribution in [3.8, 4) is 0 Å². The van der Waals surface area contributed by atoms with Gasteiger partial charge in [0.2, 0.25) is 0 Å². The lowest BCUT2D eigenvalue weighted by molar-refractivity contribution is 0.160. The van der Waals surface area contributed by atoms with Crippen LogP contribution < -0.4 is 5.32 Å². The van der Waals surface area contributed by atoms with Gasteiger partial charge in [0.25, 0.3) is 0 Å². The van der Waals surface area contributed by atoms with Gasteiger partial charge >= 0.3 is 0 Å². The van der Waals surface area contributed by atoms with Gasteiger partial charge in [-0.2, -0.15) is 0 Å². The van der Waals surface area contributed by atoms with E-state index in [0.717, 1.165) is 18.5 Å². The molecule has 0 spiro atoms. The van der Waals surface area contributed by atoms with Gasteiger partial charge in [-0.1, -0.05) is 12.1 Å². The molecule has 0 saturated carbocycles. The lowest BCUT2D eigenvalue weighted by Gasteiger charge is -2.14. The third-order valence-corrected chi connectivity index (χ3v) is 2.42. The summed E-state index contributed by atoms with van der Waals surface area (Å²) in [6.07, 6.45) is 0.424. The smallest absolute Gasteiger partial charge is 0.123 e. The van der Waals surface area contributed by atoms with Crippen molar-refractivity contribution in [2.45, 2.75) is 18.6 Å². The maximum atomic E-state index is 12.6. The van der Waals surface area contributed by atoms with E-state index >= 15 is 0 Å². The number of hydrogen-bond acceptors (Lipinski definition) is 2. The zero-order valence-electron chi connectivity index (χ0n) is 7.20. The fraction of sp³-hybridized carbons (Fsp3) is 0.400. The zero-order chi connectivity index (χ0) is 9.26. The van der Waals surface area contributed by atoms with Crippen LogP contribution in [0.25, 0.3) is 0 Å². The van der Waals surface area contributed by atoms with Crippen LogP contribution in [0.1, 0.15) is 18.0 Å². The van der Waals surface area contributed by atoms with Crippen molar-refractivity contribution in [2.75, 3.05) is 6.54 Å². The number of rotatable bonds is 1. The molecule has 0 amide bonds. The molecule has 1 aromatic rings. The van der Waals surface area contributed by atoms with Crippen molar-refractivity contribution in [3.63, 3.8) is 0 Å². The van der Waals surface area contributed by atoms with E-state index in [0.29, 0.717) is 0 Å². The summed E-state index contributed by atoms with van der Waals surface area (Å²) in [5.74, 6) is -0.240. The third-order valence-electron chi connectivity index (χ3n) is 2.42. The van der Waals surface area contributed by atoms with E-state index in [2.05, 4.69) is 5.32 Å². The standard InChI is InChI=1S/C10H12FNO/c11-8-3-1-7(2-4-8)10-9(13)5-6-12-10/h1-4,9-10,12-13H,5-6H2/t9-,10+/m1/s1. The molecule has 0 unspecified atom stereocenters. The Hall–Kier alpha value is -0.930. The van der Waals surface area contributed by atoms with Crippen LogP contribution in [0.4, 0.5) is 4.39 Å². The fourth-order valence-corrected chi connectivity index (χ4v) is 1.70. The molecule has 1 aliphatic rings. The van der Waals surface area contributed by atoms with E-state index in [-0.39, 0.29) is 18.0 Å². The SMILES string of the molecule is O[C@@H]1CCN[C@H]1c1ccc(F)cc1. The Morgan fingerprint density at radius 3 is 2.54 bits per heavy atom. The molecule has 1 fully saturated rings. The first-order valence-electron chi connectivity index (χ1n) is 4.44. The number of aliphatic hydroxyl groups is 1. The second kappa shape index (κ2) is 3.44. The van der Waals surface area contributed by atoms with Crippen molar-refractivity contribution in [1.82, 2.24) is 5.32 Å². The van der Waals surface area contributed by atoms with Crippen LogP contribution in [-0.4, -0.2) is 17.8 Å². The molecule has 0 bridgehead atoms. The lowest BCUT2D eigenvalue weighted by Crippen LogP contribution is -2.20. The van der Waals surface area contributed by atoms with E-state index in [1.54, 1.807) is 12.1 Å². The highest BCUT2D eigenvalue weighted by atomic mass is 19.1. The average Bonchev–Trinajstić information content (AvgIpc) is 2.53. The van der Waals surface area contributed by atoms with Gasteiger partial charge in [0.1, 0.15) is 5.82 Å². The largest absolute Gasteiger partial charge is 0.391 e. The van der Waals surface area contributed by atoms with Crippen LogP contribution in [0, 0.1) is 5.82 Å². The Balaban J connectivity index is 2.20. The molecule has 1 heterocycles. The van der Waals surface area contributed by atoms with E-state index < -0.39 is 0 Å². The molecule has 70 valence electrons. The highest BCUT2D eigenvalue weighted by molar-refractivity contribution is 5.22. The fourth-order valence-electron chi connectivity index (χ4n) is 1.70. The maximum Gasteiger partial charge on any atom is 0.123 e. The van der Waals surface area contributed by atoms with Crippen LogP contribution in [0.15, 0.2) is 24.3 Å². The molecular weight excluding hydrogens is 169 g/mol. The molecule has 1 saturated heterocycles. The predicted octanol–water partition coefficient (Wildman–Crippen LogP) is 1.22. The molecule has 3 heteroatoms. The van der Waals surface area contributed by atoms with E-state index in [1.165, 1.54) is 12.1 Å². The first kappa shape index (κ1) is 8.66. The molecule has 0 aromatic heterocycles. The van der Waals surface area contributed by atoms with Gasteiger partial charge < -0.3 is 10.4 Å². The van der Waals surface area contributed by atoms with Crippen molar-refractivity contribution in [3.05, 3.63) is 35.6 Å². The van der Waals surface area contributed by atoms with Gasteiger partial charge in [0.15, 0.2) is 0 Å². The van der Waals surface area contributed by atoms with Crippen LogP contribution >= 0.6 is 0 Å². The molecule has 2 N–H and O–H groups in total. The second-order valence-corrected chi connectivity index (χ2v) is 3.34. The van der Waals surface area contributed by atoms with Crippen molar-refractivity contribution in [2.24, 2.45) is 0 Å². The minimum Gasteiger partial charge on any atom is -0.391 e. The van der Waals surface area contributed by atoms with Gasteiger partial charge in [-0.25, -0.2) is 4.39 Å². The van der Waals surface area contributed by atoms with Crippen LogP contribution in [0.2, 0.25) is 0 Å². The average molecular weight is 181 g/mol. The van der Waals surface area contributed by atoms with Gasteiger partial charge in [-0.05, 0) is 30.7 Å². The Morgan fingerprint density at radius 2 is 2.00 bits per heavy atom. The summed E-state index contributed by atoms with van der Waals surface area (Å²) in [6.45, 7) is 0.823. The molecule has 2 rings (SSSR count). The summed E-state index contributed by atoms with van der Waals surface area (Å²) in [4.78, 5) is 0. The summed E-state index contributed by atoms with van der Waals surface area (Å²) in [5.41, 5.74) is 0.950. The Morgan fingerprint density at radius 1 is 1.31 bits per heavy atom. The third kappa shape index (κ3) is 1.71. The minimum absolute atomic E-state index is 0.0272. The highest BCUT2D eigenvalue weighted by Gasteiger charge is 2.25. The van der Waals surface area contributed by atoms with E-state index in [9.17, 15) is 9.50 Å². The van der Waals surface area contributed by atoms with E-state index in [4.69, 9.17) is 0 Å². The topological polar surface area (TPSA) is 32.3 Å². The van der Waals surface area contributed by atoms with Gasteiger partial charge in [-0.15, -0.1) is 0 Å². The first-order chi connectivity index (χ1) is 6.27. The summed E-state index contributed by atoms with van der Waals surface area (Å²) in [7, 11) is 0. The maximum absolute atomic E-state index is 12.6. The summed E-state index contributed by atoms with van der Waals surface area (Å²) < 4.78 is 12.6. The van der Waals surface area contributed by atoms with Crippen molar-refractivity contribution < 1.29 is 9.50 Å². The van der Waals surface area contributed by atoms with Crippen LogP contribution in [-0.2, 0) is 0 Å². The second-order valence-electron chi connectivity index (χ2n) is 3.34.